The highest BCUT2D eigenvalue weighted by molar-refractivity contribution is 5.83. The predicted molar refractivity (Wildman–Crippen MR) is 120 cm³/mol. The second-order valence-corrected chi connectivity index (χ2v) is 9.57. The Morgan fingerprint density at radius 2 is 1.97 bits per heavy atom. The molecule has 7 heteroatoms. The van der Waals surface area contributed by atoms with Crippen LogP contribution in [-0.2, 0) is 19.8 Å². The van der Waals surface area contributed by atoms with E-state index in [9.17, 15) is 14.3 Å². The molecule has 0 bridgehead atoms. The van der Waals surface area contributed by atoms with E-state index in [2.05, 4.69) is 16.7 Å². The van der Waals surface area contributed by atoms with Crippen molar-refractivity contribution in [1.82, 2.24) is 0 Å². The molecule has 0 aromatic heterocycles. The molecule has 1 aromatic carbocycles. The number of nitrogens with zero attached hydrogens (tertiary/aromatic N) is 1. The van der Waals surface area contributed by atoms with Gasteiger partial charge in [-0.25, -0.2) is 15.8 Å². The number of rotatable bonds is 5. The lowest BCUT2D eigenvalue weighted by atomic mass is 9.82. The largest absolute Gasteiger partial charge is 0.495 e. The summed E-state index contributed by atoms with van der Waals surface area (Å²) in [5, 5.41) is 11.6. The van der Waals surface area contributed by atoms with Crippen molar-refractivity contribution in [1.29, 1.82) is 0 Å². The Morgan fingerprint density at radius 3 is 2.55 bits per heavy atom. The van der Waals surface area contributed by atoms with E-state index in [1.807, 2.05) is 0 Å². The van der Waals surface area contributed by atoms with Crippen molar-refractivity contribution >= 4 is 5.97 Å². The molecule has 1 aromatic rings. The molecule has 2 aliphatic rings. The van der Waals surface area contributed by atoms with Crippen LogP contribution in [0.3, 0.4) is 0 Å². The second kappa shape index (κ2) is 9.08. The van der Waals surface area contributed by atoms with Crippen LogP contribution in [0.1, 0.15) is 70.9 Å². The standard InChI is InChI=1S/C26H30FNO5/c1-24(2,28-5)20-15-22(31-6)17(13-21(20)27)11-12-26(30,18-9-7-8-10-18)16-19-14-23(29)33-25(3,4)32-19/h13-15,18,30H,7-10,16H2,1-4,6H3. The summed E-state index contributed by atoms with van der Waals surface area (Å²) in [4.78, 5) is 15.5. The Bertz CT molecular complexity index is 1070. The average molecular weight is 456 g/mol. The van der Waals surface area contributed by atoms with Gasteiger partial charge < -0.3 is 24.2 Å². The zero-order valence-electron chi connectivity index (χ0n) is 19.8. The van der Waals surface area contributed by atoms with Crippen molar-refractivity contribution in [3.8, 4) is 17.6 Å². The highest BCUT2D eigenvalue weighted by Gasteiger charge is 2.41. The van der Waals surface area contributed by atoms with Gasteiger partial charge >= 0.3 is 5.97 Å². The molecule has 33 heavy (non-hydrogen) atoms. The van der Waals surface area contributed by atoms with E-state index in [0.29, 0.717) is 11.5 Å². The summed E-state index contributed by atoms with van der Waals surface area (Å²) >= 11 is 0. The second-order valence-electron chi connectivity index (χ2n) is 9.57. The van der Waals surface area contributed by atoms with Crippen LogP contribution in [0.2, 0.25) is 0 Å². The molecule has 6 nitrogen and oxygen atoms in total. The topological polar surface area (TPSA) is 69.4 Å². The number of halogens is 1. The first-order valence-corrected chi connectivity index (χ1v) is 11.0. The van der Waals surface area contributed by atoms with Crippen LogP contribution >= 0.6 is 0 Å². The Kier molecular flexibility index (Phi) is 6.77. The van der Waals surface area contributed by atoms with E-state index in [0.717, 1.165) is 25.7 Å². The maximum atomic E-state index is 14.9. The van der Waals surface area contributed by atoms with E-state index in [4.69, 9.17) is 20.8 Å². The van der Waals surface area contributed by atoms with Gasteiger partial charge in [-0.2, -0.15) is 0 Å². The number of ether oxygens (including phenoxy) is 3. The zero-order chi connectivity index (χ0) is 24.4. The van der Waals surface area contributed by atoms with E-state index in [-0.39, 0.29) is 23.5 Å². The Morgan fingerprint density at radius 1 is 1.30 bits per heavy atom. The van der Waals surface area contributed by atoms with Gasteiger partial charge in [0.1, 0.15) is 22.9 Å². The van der Waals surface area contributed by atoms with Gasteiger partial charge in [0.05, 0.1) is 24.3 Å². The highest BCUT2D eigenvalue weighted by Crippen LogP contribution is 2.39. The lowest BCUT2D eigenvalue weighted by Crippen LogP contribution is -2.40. The number of hydrogen-bond donors (Lipinski definition) is 1. The van der Waals surface area contributed by atoms with Gasteiger partial charge in [0, 0.05) is 34.1 Å². The van der Waals surface area contributed by atoms with Crippen molar-refractivity contribution < 1.29 is 28.5 Å². The summed E-state index contributed by atoms with van der Waals surface area (Å²) in [6.07, 6.45) is 4.76. The minimum absolute atomic E-state index is 0.0107. The number of benzene rings is 1. The van der Waals surface area contributed by atoms with Crippen LogP contribution in [0.25, 0.3) is 4.85 Å². The maximum absolute atomic E-state index is 14.9. The lowest BCUT2D eigenvalue weighted by Gasteiger charge is -2.35. The quantitative estimate of drug-likeness (QED) is 0.391. The monoisotopic (exact) mass is 455 g/mol. The molecule has 0 radical (unpaired) electrons. The van der Waals surface area contributed by atoms with Crippen LogP contribution < -0.4 is 4.74 Å². The molecular formula is C26H30FNO5. The summed E-state index contributed by atoms with van der Waals surface area (Å²) in [7, 11) is 1.45. The summed E-state index contributed by atoms with van der Waals surface area (Å²) < 4.78 is 31.2. The molecule has 1 fully saturated rings. The minimum Gasteiger partial charge on any atom is -0.495 e. The van der Waals surface area contributed by atoms with Crippen LogP contribution in [0.15, 0.2) is 24.0 Å². The van der Waals surface area contributed by atoms with Crippen molar-refractivity contribution in [2.75, 3.05) is 7.11 Å². The van der Waals surface area contributed by atoms with Crippen molar-refractivity contribution in [3.05, 3.63) is 52.3 Å². The van der Waals surface area contributed by atoms with Crippen molar-refractivity contribution in [3.63, 3.8) is 0 Å². The van der Waals surface area contributed by atoms with Gasteiger partial charge in [0.25, 0.3) is 5.54 Å². The molecule has 176 valence electrons. The third kappa shape index (κ3) is 5.49. The molecule has 1 atom stereocenters. The fraction of sp³-hybridized carbons (Fsp3) is 0.538. The van der Waals surface area contributed by atoms with Crippen LogP contribution in [0.4, 0.5) is 4.39 Å². The summed E-state index contributed by atoms with van der Waals surface area (Å²) in [6, 6.07) is 2.72. The molecule has 1 aliphatic heterocycles. The van der Waals surface area contributed by atoms with E-state index < -0.39 is 28.7 Å². The van der Waals surface area contributed by atoms with Gasteiger partial charge in [-0.1, -0.05) is 24.7 Å². The number of esters is 1. The molecular weight excluding hydrogens is 425 g/mol. The first-order chi connectivity index (χ1) is 15.4. The van der Waals surface area contributed by atoms with Crippen molar-refractivity contribution in [2.24, 2.45) is 5.92 Å². The zero-order valence-corrected chi connectivity index (χ0v) is 19.8. The van der Waals surface area contributed by atoms with Gasteiger partial charge in [0.2, 0.25) is 5.79 Å². The van der Waals surface area contributed by atoms with E-state index in [1.54, 1.807) is 27.7 Å². The Balaban J connectivity index is 2.01. The Hall–Kier alpha value is -3.03. The number of carbonyl (C=O) groups excluding carboxylic acids is 1. The fourth-order valence-corrected chi connectivity index (χ4v) is 4.34. The predicted octanol–water partition coefficient (Wildman–Crippen LogP) is 4.84. The molecule has 1 unspecified atom stereocenters. The number of hydrogen-bond acceptors (Lipinski definition) is 5. The van der Waals surface area contributed by atoms with E-state index >= 15 is 0 Å². The molecule has 1 N–H and O–H groups in total. The molecule has 3 rings (SSSR count). The fourth-order valence-electron chi connectivity index (χ4n) is 4.34. The molecule has 0 spiro atoms. The van der Waals surface area contributed by atoms with Gasteiger partial charge in [0.15, 0.2) is 0 Å². The Labute approximate surface area is 194 Å². The third-order valence-electron chi connectivity index (χ3n) is 6.12. The average Bonchev–Trinajstić information content (AvgIpc) is 3.26. The summed E-state index contributed by atoms with van der Waals surface area (Å²) in [5.41, 5.74) is -2.05. The van der Waals surface area contributed by atoms with E-state index in [1.165, 1.54) is 25.3 Å². The lowest BCUT2D eigenvalue weighted by molar-refractivity contribution is -0.207. The number of carbonyl (C=O) groups is 1. The SMILES string of the molecule is [C-]#[N+]C(C)(C)c1cc(OC)c(C#CC(O)(CC2=CC(=O)OC(C)(C)O2)C2CCCC2)cc1F. The molecule has 0 saturated heterocycles. The minimum atomic E-state index is -1.48. The molecule has 1 aliphatic carbocycles. The smallest absolute Gasteiger partial charge is 0.337 e. The number of methoxy groups -OCH3 is 1. The summed E-state index contributed by atoms with van der Waals surface area (Å²) in [5.74, 6) is 4.11. The normalized spacial score (nSPS) is 19.8. The van der Waals surface area contributed by atoms with Crippen LogP contribution in [-0.4, -0.2) is 29.6 Å². The number of aliphatic hydroxyl groups is 1. The van der Waals surface area contributed by atoms with Crippen molar-refractivity contribution in [2.45, 2.75) is 76.7 Å². The van der Waals surface area contributed by atoms with Gasteiger partial charge in [-0.15, -0.1) is 0 Å². The maximum Gasteiger partial charge on any atom is 0.337 e. The first kappa shape index (κ1) is 24.6. The molecule has 0 amide bonds. The molecule has 1 heterocycles. The van der Waals surface area contributed by atoms with Gasteiger partial charge in [-0.3, -0.25) is 0 Å². The summed E-state index contributed by atoms with van der Waals surface area (Å²) in [6.45, 7) is 13.9. The number of cyclic esters (lactones) is 1. The van der Waals surface area contributed by atoms with Crippen LogP contribution in [0, 0.1) is 30.1 Å². The van der Waals surface area contributed by atoms with Crippen LogP contribution in [0.5, 0.6) is 5.75 Å². The third-order valence-corrected chi connectivity index (χ3v) is 6.12. The first-order valence-electron chi connectivity index (χ1n) is 11.0. The van der Waals surface area contributed by atoms with Gasteiger partial charge in [-0.05, 0) is 30.9 Å². The molecule has 1 saturated carbocycles. The highest BCUT2D eigenvalue weighted by atomic mass is 19.1.